The molecule has 0 radical (unpaired) electrons. The Kier molecular flexibility index (Phi) is 5.22. The standard InChI is InChI=1S/C11H19NO2/c1-5-11(4,6-2)9(8-12)10(13)14-7-3/h9H,5-7H2,1-4H3. The molecule has 1 unspecified atom stereocenters. The third-order valence-electron chi connectivity index (χ3n) is 2.96. The predicted octanol–water partition coefficient (Wildman–Crippen LogP) is 2.52. The molecule has 0 aromatic heterocycles. The summed E-state index contributed by atoms with van der Waals surface area (Å²) in [5.74, 6) is -1.03. The summed E-state index contributed by atoms with van der Waals surface area (Å²) in [5, 5.41) is 8.97. The van der Waals surface area contributed by atoms with E-state index in [9.17, 15) is 4.79 Å². The van der Waals surface area contributed by atoms with Crippen molar-refractivity contribution in [3.63, 3.8) is 0 Å². The van der Waals surface area contributed by atoms with Gasteiger partial charge < -0.3 is 4.74 Å². The van der Waals surface area contributed by atoms with Crippen LogP contribution in [0.4, 0.5) is 0 Å². The first kappa shape index (κ1) is 13.0. The number of hydrogen-bond donors (Lipinski definition) is 0. The van der Waals surface area contributed by atoms with E-state index in [0.29, 0.717) is 6.61 Å². The van der Waals surface area contributed by atoms with Crippen molar-refractivity contribution in [3.8, 4) is 6.07 Å². The highest BCUT2D eigenvalue weighted by Crippen LogP contribution is 2.35. The molecule has 0 aliphatic carbocycles. The molecule has 0 fully saturated rings. The first-order valence-corrected chi connectivity index (χ1v) is 5.11. The number of nitriles is 1. The third-order valence-corrected chi connectivity index (χ3v) is 2.96. The van der Waals surface area contributed by atoms with Crippen LogP contribution in [0.25, 0.3) is 0 Å². The quantitative estimate of drug-likeness (QED) is 0.636. The van der Waals surface area contributed by atoms with Crippen LogP contribution in [0.1, 0.15) is 40.5 Å². The molecule has 3 heteroatoms. The fraction of sp³-hybridized carbons (Fsp3) is 0.818. The Bertz CT molecular complexity index is 226. The van der Waals surface area contributed by atoms with E-state index in [1.165, 1.54) is 0 Å². The molecular formula is C11H19NO2. The summed E-state index contributed by atoms with van der Waals surface area (Å²) in [6.07, 6.45) is 1.61. The van der Waals surface area contributed by atoms with Crippen LogP contribution in [0.5, 0.6) is 0 Å². The Labute approximate surface area is 86.1 Å². The van der Waals surface area contributed by atoms with E-state index in [1.54, 1.807) is 6.92 Å². The van der Waals surface area contributed by atoms with Crippen molar-refractivity contribution in [2.75, 3.05) is 6.61 Å². The molecule has 1 atom stereocenters. The minimum atomic E-state index is -0.641. The minimum Gasteiger partial charge on any atom is -0.465 e. The van der Waals surface area contributed by atoms with E-state index in [2.05, 4.69) is 6.07 Å². The lowest BCUT2D eigenvalue weighted by Gasteiger charge is -2.29. The third kappa shape index (κ3) is 2.73. The van der Waals surface area contributed by atoms with Crippen LogP contribution < -0.4 is 0 Å². The number of rotatable bonds is 5. The largest absolute Gasteiger partial charge is 0.465 e. The first-order chi connectivity index (χ1) is 6.55. The van der Waals surface area contributed by atoms with Gasteiger partial charge in [0.25, 0.3) is 0 Å². The summed E-state index contributed by atoms with van der Waals surface area (Å²) >= 11 is 0. The van der Waals surface area contributed by atoms with Crippen LogP contribution in [0.15, 0.2) is 0 Å². The van der Waals surface area contributed by atoms with Crippen molar-refractivity contribution >= 4 is 5.97 Å². The fourth-order valence-corrected chi connectivity index (χ4v) is 1.38. The monoisotopic (exact) mass is 197 g/mol. The van der Waals surface area contributed by atoms with Gasteiger partial charge in [-0.2, -0.15) is 5.26 Å². The lowest BCUT2D eigenvalue weighted by molar-refractivity contribution is -0.150. The molecule has 0 aromatic carbocycles. The Morgan fingerprint density at radius 2 is 1.93 bits per heavy atom. The predicted molar refractivity (Wildman–Crippen MR) is 54.4 cm³/mol. The van der Waals surface area contributed by atoms with Gasteiger partial charge in [-0.15, -0.1) is 0 Å². The van der Waals surface area contributed by atoms with Crippen molar-refractivity contribution in [2.24, 2.45) is 11.3 Å². The Balaban J connectivity index is 4.71. The van der Waals surface area contributed by atoms with Gasteiger partial charge >= 0.3 is 5.97 Å². The van der Waals surface area contributed by atoms with Crippen LogP contribution in [0.3, 0.4) is 0 Å². The van der Waals surface area contributed by atoms with Crippen LogP contribution in [-0.2, 0) is 9.53 Å². The highest BCUT2D eigenvalue weighted by Gasteiger charge is 2.37. The zero-order valence-corrected chi connectivity index (χ0v) is 9.46. The number of hydrogen-bond acceptors (Lipinski definition) is 3. The number of carbonyl (C=O) groups excluding carboxylic acids is 1. The molecular weight excluding hydrogens is 178 g/mol. The van der Waals surface area contributed by atoms with Gasteiger partial charge in [-0.3, -0.25) is 4.79 Å². The molecule has 3 nitrogen and oxygen atoms in total. The van der Waals surface area contributed by atoms with Gasteiger partial charge in [-0.25, -0.2) is 0 Å². The smallest absolute Gasteiger partial charge is 0.323 e. The average molecular weight is 197 g/mol. The van der Waals surface area contributed by atoms with Gasteiger partial charge in [0.15, 0.2) is 0 Å². The van der Waals surface area contributed by atoms with Gasteiger partial charge in [0.2, 0.25) is 0 Å². The van der Waals surface area contributed by atoms with Gasteiger partial charge in [-0.1, -0.05) is 20.8 Å². The average Bonchev–Trinajstić information content (AvgIpc) is 2.19. The highest BCUT2D eigenvalue weighted by molar-refractivity contribution is 5.76. The van der Waals surface area contributed by atoms with Crippen molar-refractivity contribution < 1.29 is 9.53 Å². The highest BCUT2D eigenvalue weighted by atomic mass is 16.5. The molecule has 0 saturated carbocycles. The maximum Gasteiger partial charge on any atom is 0.323 e. The molecule has 0 aromatic rings. The van der Waals surface area contributed by atoms with Gasteiger partial charge in [0.05, 0.1) is 12.7 Å². The Morgan fingerprint density at radius 3 is 2.21 bits per heavy atom. The molecule has 0 N–H and O–H groups in total. The zero-order chi connectivity index (χ0) is 11.2. The molecule has 0 aliphatic rings. The normalized spacial score (nSPS) is 13.1. The lowest BCUT2D eigenvalue weighted by Crippen LogP contribution is -2.32. The van der Waals surface area contributed by atoms with E-state index < -0.39 is 5.92 Å². The summed E-state index contributed by atoms with van der Waals surface area (Å²) < 4.78 is 4.88. The molecule has 0 heterocycles. The second-order valence-corrected chi connectivity index (χ2v) is 3.68. The van der Waals surface area contributed by atoms with E-state index in [-0.39, 0.29) is 11.4 Å². The van der Waals surface area contributed by atoms with Crippen molar-refractivity contribution in [3.05, 3.63) is 0 Å². The second kappa shape index (κ2) is 5.64. The SMILES string of the molecule is CCOC(=O)C(C#N)C(C)(CC)CC. The maximum atomic E-state index is 11.5. The topological polar surface area (TPSA) is 50.1 Å². The maximum absolute atomic E-state index is 11.5. The van der Waals surface area contributed by atoms with Crippen molar-refractivity contribution in [1.82, 2.24) is 0 Å². The lowest BCUT2D eigenvalue weighted by atomic mass is 9.73. The van der Waals surface area contributed by atoms with Crippen LogP contribution >= 0.6 is 0 Å². The molecule has 0 spiro atoms. The molecule has 0 bridgehead atoms. The summed E-state index contributed by atoms with van der Waals surface area (Å²) in [5.41, 5.74) is -0.263. The summed E-state index contributed by atoms with van der Waals surface area (Å²) in [6, 6.07) is 2.05. The molecule has 14 heavy (non-hydrogen) atoms. The Hall–Kier alpha value is -1.04. The molecule has 0 aliphatic heterocycles. The van der Waals surface area contributed by atoms with Crippen LogP contribution in [-0.4, -0.2) is 12.6 Å². The van der Waals surface area contributed by atoms with E-state index in [4.69, 9.17) is 10.00 Å². The summed E-state index contributed by atoms with van der Waals surface area (Å²) in [4.78, 5) is 11.5. The zero-order valence-electron chi connectivity index (χ0n) is 9.46. The second-order valence-electron chi connectivity index (χ2n) is 3.68. The number of esters is 1. The fourth-order valence-electron chi connectivity index (χ4n) is 1.38. The molecule has 80 valence electrons. The molecule has 0 saturated heterocycles. The minimum absolute atomic E-state index is 0.263. The summed E-state index contributed by atoms with van der Waals surface area (Å²) in [7, 11) is 0. The van der Waals surface area contributed by atoms with E-state index in [1.807, 2.05) is 20.8 Å². The van der Waals surface area contributed by atoms with E-state index in [0.717, 1.165) is 12.8 Å². The molecule has 0 rings (SSSR count). The Morgan fingerprint density at radius 1 is 1.43 bits per heavy atom. The summed E-state index contributed by atoms with van der Waals surface area (Å²) in [6.45, 7) is 8.03. The molecule has 0 amide bonds. The van der Waals surface area contributed by atoms with Gasteiger partial charge in [0, 0.05) is 0 Å². The van der Waals surface area contributed by atoms with Crippen LogP contribution in [0.2, 0.25) is 0 Å². The number of ether oxygens (including phenoxy) is 1. The van der Waals surface area contributed by atoms with Gasteiger partial charge in [0.1, 0.15) is 5.92 Å². The number of nitrogens with zero attached hydrogens (tertiary/aromatic N) is 1. The van der Waals surface area contributed by atoms with Crippen molar-refractivity contribution in [1.29, 1.82) is 5.26 Å². The van der Waals surface area contributed by atoms with Gasteiger partial charge in [-0.05, 0) is 25.2 Å². The van der Waals surface area contributed by atoms with Crippen molar-refractivity contribution in [2.45, 2.75) is 40.5 Å². The van der Waals surface area contributed by atoms with Crippen LogP contribution in [0, 0.1) is 22.7 Å². The number of carbonyl (C=O) groups is 1. The first-order valence-electron chi connectivity index (χ1n) is 5.11. The van der Waals surface area contributed by atoms with E-state index >= 15 is 0 Å².